The van der Waals surface area contributed by atoms with Gasteiger partial charge in [0.1, 0.15) is 0 Å². The standard InChI is InChI=1S/C7H13ClN2/c8-2-1-3-10-5-7(4-9)6-10/h1-2,7H,3-6,9H2/b2-1+. The molecule has 0 bridgehead atoms. The minimum absolute atomic E-state index is 0.726. The molecule has 0 spiro atoms. The molecule has 1 fully saturated rings. The van der Waals surface area contributed by atoms with E-state index in [9.17, 15) is 0 Å². The highest BCUT2D eigenvalue weighted by atomic mass is 35.5. The Morgan fingerprint density at radius 1 is 1.60 bits per heavy atom. The van der Waals surface area contributed by atoms with Crippen molar-refractivity contribution in [3.05, 3.63) is 11.6 Å². The van der Waals surface area contributed by atoms with Crippen molar-refractivity contribution in [3.8, 4) is 0 Å². The molecular formula is C7H13ClN2. The van der Waals surface area contributed by atoms with Gasteiger partial charge in [-0.3, -0.25) is 4.90 Å². The lowest BCUT2D eigenvalue weighted by molar-refractivity contribution is 0.121. The molecule has 1 rings (SSSR count). The van der Waals surface area contributed by atoms with Crippen molar-refractivity contribution in [2.75, 3.05) is 26.2 Å². The maximum Gasteiger partial charge on any atom is 0.0175 e. The van der Waals surface area contributed by atoms with Crippen LogP contribution in [0.2, 0.25) is 0 Å². The fraction of sp³-hybridized carbons (Fsp3) is 0.714. The van der Waals surface area contributed by atoms with Crippen LogP contribution in [0.4, 0.5) is 0 Å². The van der Waals surface area contributed by atoms with Crippen molar-refractivity contribution in [1.82, 2.24) is 4.90 Å². The molecule has 0 aromatic rings. The minimum atomic E-state index is 0.726. The van der Waals surface area contributed by atoms with Gasteiger partial charge in [0, 0.05) is 25.2 Å². The monoisotopic (exact) mass is 160 g/mol. The lowest BCUT2D eigenvalue weighted by Gasteiger charge is -2.37. The summed E-state index contributed by atoms with van der Waals surface area (Å²) in [7, 11) is 0. The van der Waals surface area contributed by atoms with Gasteiger partial charge in [-0.2, -0.15) is 0 Å². The average molecular weight is 161 g/mol. The number of nitrogens with zero attached hydrogens (tertiary/aromatic N) is 1. The average Bonchev–Trinajstić information content (AvgIpc) is 1.86. The highest BCUT2D eigenvalue weighted by Gasteiger charge is 2.23. The summed E-state index contributed by atoms with van der Waals surface area (Å²) in [6.45, 7) is 4.07. The van der Waals surface area contributed by atoms with E-state index in [2.05, 4.69) is 4.90 Å². The topological polar surface area (TPSA) is 29.3 Å². The van der Waals surface area contributed by atoms with E-state index >= 15 is 0 Å². The SMILES string of the molecule is NCC1CN(C/C=C/Cl)C1. The van der Waals surface area contributed by atoms with Crippen molar-refractivity contribution in [3.63, 3.8) is 0 Å². The molecule has 0 aliphatic carbocycles. The molecule has 0 aromatic carbocycles. The van der Waals surface area contributed by atoms with Crippen LogP contribution in [-0.2, 0) is 0 Å². The molecule has 0 atom stereocenters. The van der Waals surface area contributed by atoms with Crippen LogP contribution in [-0.4, -0.2) is 31.1 Å². The number of nitrogens with two attached hydrogens (primary N) is 1. The third kappa shape index (κ3) is 1.97. The van der Waals surface area contributed by atoms with Crippen LogP contribution in [0.15, 0.2) is 11.6 Å². The first kappa shape index (κ1) is 8.05. The Morgan fingerprint density at radius 2 is 2.30 bits per heavy atom. The van der Waals surface area contributed by atoms with Crippen LogP contribution in [0, 0.1) is 5.92 Å². The van der Waals surface area contributed by atoms with Crippen LogP contribution in [0.1, 0.15) is 0 Å². The van der Waals surface area contributed by atoms with E-state index in [1.807, 2.05) is 6.08 Å². The lowest BCUT2D eigenvalue weighted by atomic mass is 10.0. The first-order chi connectivity index (χ1) is 4.86. The summed E-state index contributed by atoms with van der Waals surface area (Å²) in [4.78, 5) is 2.32. The summed E-state index contributed by atoms with van der Waals surface area (Å²) in [5, 5.41) is 0. The third-order valence-electron chi connectivity index (χ3n) is 1.82. The number of hydrogen-bond acceptors (Lipinski definition) is 2. The van der Waals surface area contributed by atoms with Crippen molar-refractivity contribution in [2.24, 2.45) is 11.7 Å². The van der Waals surface area contributed by atoms with Crippen LogP contribution in [0.3, 0.4) is 0 Å². The van der Waals surface area contributed by atoms with E-state index in [0.717, 1.165) is 32.1 Å². The zero-order valence-corrected chi connectivity index (χ0v) is 6.72. The van der Waals surface area contributed by atoms with Crippen LogP contribution >= 0.6 is 11.6 Å². The molecule has 0 saturated carbocycles. The first-order valence-corrected chi connectivity index (χ1v) is 3.98. The molecule has 3 heteroatoms. The van der Waals surface area contributed by atoms with Gasteiger partial charge < -0.3 is 5.73 Å². The Bertz CT molecular complexity index is 119. The van der Waals surface area contributed by atoms with E-state index in [4.69, 9.17) is 17.3 Å². The van der Waals surface area contributed by atoms with Gasteiger partial charge in [-0.15, -0.1) is 0 Å². The Kier molecular flexibility index (Phi) is 3.19. The van der Waals surface area contributed by atoms with Crippen molar-refractivity contribution >= 4 is 11.6 Å². The second-order valence-electron chi connectivity index (χ2n) is 2.68. The van der Waals surface area contributed by atoms with Crippen molar-refractivity contribution < 1.29 is 0 Å². The number of hydrogen-bond donors (Lipinski definition) is 1. The third-order valence-corrected chi connectivity index (χ3v) is 2.00. The molecule has 0 amide bonds. The Morgan fingerprint density at radius 3 is 2.80 bits per heavy atom. The molecule has 1 saturated heterocycles. The summed E-state index contributed by atoms with van der Waals surface area (Å²) >= 11 is 5.37. The Balaban J connectivity index is 2.03. The van der Waals surface area contributed by atoms with Crippen LogP contribution in [0.5, 0.6) is 0 Å². The predicted molar refractivity (Wildman–Crippen MR) is 44.0 cm³/mol. The van der Waals surface area contributed by atoms with E-state index in [-0.39, 0.29) is 0 Å². The maximum atomic E-state index is 5.45. The van der Waals surface area contributed by atoms with Gasteiger partial charge in [-0.1, -0.05) is 17.7 Å². The zero-order valence-electron chi connectivity index (χ0n) is 5.96. The highest BCUT2D eigenvalue weighted by molar-refractivity contribution is 6.25. The smallest absolute Gasteiger partial charge is 0.0175 e. The fourth-order valence-corrected chi connectivity index (χ4v) is 1.24. The Labute approximate surface area is 66.6 Å². The number of halogens is 1. The lowest BCUT2D eigenvalue weighted by Crippen LogP contribution is -2.49. The molecular weight excluding hydrogens is 148 g/mol. The predicted octanol–water partition coefficient (Wildman–Crippen LogP) is 0.629. The largest absolute Gasteiger partial charge is 0.330 e. The molecule has 2 nitrogen and oxygen atoms in total. The number of likely N-dealkylation sites (tertiary alicyclic amines) is 1. The number of rotatable bonds is 3. The van der Waals surface area contributed by atoms with Crippen molar-refractivity contribution in [2.45, 2.75) is 0 Å². The first-order valence-electron chi connectivity index (χ1n) is 3.54. The van der Waals surface area contributed by atoms with E-state index in [1.165, 1.54) is 0 Å². The van der Waals surface area contributed by atoms with Gasteiger partial charge in [0.2, 0.25) is 0 Å². The van der Waals surface area contributed by atoms with Crippen LogP contribution < -0.4 is 5.73 Å². The van der Waals surface area contributed by atoms with Gasteiger partial charge in [-0.05, 0) is 12.5 Å². The summed E-state index contributed by atoms with van der Waals surface area (Å²) in [6, 6.07) is 0. The van der Waals surface area contributed by atoms with Gasteiger partial charge in [0.05, 0.1) is 0 Å². The molecule has 0 aromatic heterocycles. The Hall–Kier alpha value is -0.0500. The molecule has 2 N–H and O–H groups in total. The van der Waals surface area contributed by atoms with Gasteiger partial charge in [-0.25, -0.2) is 0 Å². The van der Waals surface area contributed by atoms with Crippen molar-refractivity contribution in [1.29, 1.82) is 0 Å². The normalized spacial score (nSPS) is 21.8. The summed E-state index contributed by atoms with van der Waals surface area (Å²) in [5.74, 6) is 0.726. The molecule has 1 aliphatic heterocycles. The van der Waals surface area contributed by atoms with Gasteiger partial charge in [0.15, 0.2) is 0 Å². The van der Waals surface area contributed by atoms with Gasteiger partial charge >= 0.3 is 0 Å². The summed E-state index contributed by atoms with van der Waals surface area (Å²) < 4.78 is 0. The van der Waals surface area contributed by atoms with E-state index in [1.54, 1.807) is 5.54 Å². The highest BCUT2D eigenvalue weighted by Crippen LogP contribution is 2.12. The van der Waals surface area contributed by atoms with Crippen LogP contribution in [0.25, 0.3) is 0 Å². The molecule has 58 valence electrons. The maximum absolute atomic E-state index is 5.45. The molecule has 0 unspecified atom stereocenters. The quantitative estimate of drug-likeness (QED) is 0.657. The molecule has 0 radical (unpaired) electrons. The van der Waals surface area contributed by atoms with E-state index in [0.29, 0.717) is 0 Å². The minimum Gasteiger partial charge on any atom is -0.330 e. The van der Waals surface area contributed by atoms with E-state index < -0.39 is 0 Å². The van der Waals surface area contributed by atoms with Gasteiger partial charge in [0.25, 0.3) is 0 Å². The molecule has 1 heterocycles. The fourth-order valence-electron chi connectivity index (χ4n) is 1.16. The second kappa shape index (κ2) is 3.96. The summed E-state index contributed by atoms with van der Waals surface area (Å²) in [5.41, 5.74) is 7.02. The second-order valence-corrected chi connectivity index (χ2v) is 2.93. The summed E-state index contributed by atoms with van der Waals surface area (Å²) in [6.07, 6.45) is 1.95. The molecule has 1 aliphatic rings. The zero-order chi connectivity index (χ0) is 7.40. The molecule has 10 heavy (non-hydrogen) atoms.